The maximum atomic E-state index is 4.99. The largest absolute Gasteiger partial charge is 0.399 e. The molecule has 0 rings (SSSR count). The molecule has 3 heteroatoms. The lowest BCUT2D eigenvalue weighted by Gasteiger charge is -1.96. The molecule has 0 N–H and O–H groups in total. The molecule has 9 heavy (non-hydrogen) atoms. The molecule has 2 nitrogen and oxygen atoms in total. The van der Waals surface area contributed by atoms with E-state index in [0.717, 1.165) is 13.2 Å². The van der Waals surface area contributed by atoms with Crippen molar-refractivity contribution < 1.29 is 8.85 Å². The molecule has 0 saturated heterocycles. The van der Waals surface area contributed by atoms with Crippen LogP contribution in [0.3, 0.4) is 0 Å². The van der Waals surface area contributed by atoms with Gasteiger partial charge >= 0.3 is 10.0 Å². The lowest BCUT2D eigenvalue weighted by Crippen LogP contribution is -2.02. The van der Waals surface area contributed by atoms with Crippen LogP contribution in [0.15, 0.2) is 13.2 Å². The van der Waals surface area contributed by atoms with Gasteiger partial charge in [0.25, 0.3) is 0 Å². The first kappa shape index (κ1) is 11.6. The molecule has 0 aromatic rings. The minimum absolute atomic E-state index is 0.589. The van der Waals surface area contributed by atoms with Crippen molar-refractivity contribution in [3.8, 4) is 0 Å². The molecule has 0 radical (unpaired) electrons. The Labute approximate surface area is 59.9 Å². The van der Waals surface area contributed by atoms with E-state index >= 15 is 0 Å². The van der Waals surface area contributed by atoms with Crippen molar-refractivity contribution in [2.75, 3.05) is 13.2 Å². The van der Waals surface area contributed by atoms with Crippen LogP contribution in [0.4, 0.5) is 0 Å². The Kier molecular flexibility index (Phi) is 20.3. The Morgan fingerprint density at radius 3 is 1.67 bits per heavy atom. The van der Waals surface area contributed by atoms with Crippen molar-refractivity contribution in [1.29, 1.82) is 0 Å². The fraction of sp³-hybridized carbons (Fsp3) is 0.667. The average molecular weight is 148 g/mol. The molecule has 0 fully saturated rings. The molecule has 0 aliphatic carbocycles. The van der Waals surface area contributed by atoms with Gasteiger partial charge in [0, 0.05) is 13.2 Å². The maximum absolute atomic E-state index is 4.99. The Hall–Kier alpha value is -0.123. The number of hydrogen-bond donors (Lipinski definition) is 0. The molecule has 0 aromatic carbocycles. The van der Waals surface area contributed by atoms with Crippen LogP contribution in [-0.4, -0.2) is 23.2 Å². The summed E-state index contributed by atoms with van der Waals surface area (Å²) < 4.78 is 9.98. The highest BCUT2D eigenvalue weighted by Gasteiger charge is 1.79. The molecular weight excluding hydrogens is 132 g/mol. The van der Waals surface area contributed by atoms with Crippen LogP contribution < -0.4 is 0 Å². The van der Waals surface area contributed by atoms with Gasteiger partial charge in [-0.1, -0.05) is 0 Å². The molecule has 0 aliphatic heterocycles. The summed E-state index contributed by atoms with van der Waals surface area (Å²) in [6.45, 7) is 11.6. The minimum atomic E-state index is -0.589. The predicted molar refractivity (Wildman–Crippen MR) is 43.1 cm³/mol. The topological polar surface area (TPSA) is 18.5 Å². The molecule has 0 bridgehead atoms. The van der Waals surface area contributed by atoms with Crippen molar-refractivity contribution in [3.05, 3.63) is 13.2 Å². The monoisotopic (exact) mass is 148 g/mol. The van der Waals surface area contributed by atoms with E-state index in [0.29, 0.717) is 0 Å². The van der Waals surface area contributed by atoms with Gasteiger partial charge in [-0.3, -0.25) is 0 Å². The van der Waals surface area contributed by atoms with Crippen molar-refractivity contribution in [3.63, 3.8) is 0 Å². The number of rotatable bonds is 4. The summed E-state index contributed by atoms with van der Waals surface area (Å²) in [6, 6.07) is 0. The SMILES string of the molecule is C=C.CCO[SiH2]OCC. The zero-order valence-electron chi connectivity index (χ0n) is 6.35. The van der Waals surface area contributed by atoms with Crippen molar-refractivity contribution in [2.24, 2.45) is 0 Å². The van der Waals surface area contributed by atoms with Gasteiger partial charge < -0.3 is 8.85 Å². The van der Waals surface area contributed by atoms with Crippen LogP contribution >= 0.6 is 0 Å². The highest BCUT2D eigenvalue weighted by molar-refractivity contribution is 6.17. The molecule has 0 amide bonds. The fourth-order valence-corrected chi connectivity index (χ4v) is 0.677. The smallest absolute Gasteiger partial charge is 0.304 e. The Balaban J connectivity index is 0. The van der Waals surface area contributed by atoms with E-state index in [9.17, 15) is 0 Å². The fourth-order valence-electron chi connectivity index (χ4n) is 0.226. The summed E-state index contributed by atoms with van der Waals surface area (Å²) in [5, 5.41) is 0. The van der Waals surface area contributed by atoms with Crippen LogP contribution in [0, 0.1) is 0 Å². The quantitative estimate of drug-likeness (QED) is 0.334. The lowest BCUT2D eigenvalue weighted by molar-refractivity contribution is 0.240. The van der Waals surface area contributed by atoms with Crippen LogP contribution in [0.1, 0.15) is 13.8 Å². The van der Waals surface area contributed by atoms with Crippen molar-refractivity contribution >= 4 is 10.0 Å². The Bertz CT molecular complexity index is 38.0. The Morgan fingerprint density at radius 2 is 1.44 bits per heavy atom. The highest BCUT2D eigenvalue weighted by Crippen LogP contribution is 1.70. The van der Waals surface area contributed by atoms with E-state index in [2.05, 4.69) is 13.2 Å². The molecule has 0 aromatic heterocycles. The van der Waals surface area contributed by atoms with Crippen LogP contribution in [0.25, 0.3) is 0 Å². The predicted octanol–water partition coefficient (Wildman–Crippen LogP) is 0.860. The standard InChI is InChI=1S/C4H12O2Si.C2H4/c1-3-5-7-6-4-2;1-2/h3-4,7H2,1-2H3;1-2H2. The first-order chi connectivity index (χ1) is 4.41. The van der Waals surface area contributed by atoms with E-state index in [1.54, 1.807) is 0 Å². The molecule has 0 saturated carbocycles. The summed E-state index contributed by atoms with van der Waals surface area (Å²) in [5.74, 6) is 0. The molecule has 0 heterocycles. The van der Waals surface area contributed by atoms with Crippen LogP contribution in [0.5, 0.6) is 0 Å². The van der Waals surface area contributed by atoms with E-state index in [1.807, 2.05) is 13.8 Å². The molecule has 0 unspecified atom stereocenters. The summed E-state index contributed by atoms with van der Waals surface area (Å²) in [7, 11) is -0.589. The second-order valence-electron chi connectivity index (χ2n) is 1.10. The van der Waals surface area contributed by atoms with Crippen LogP contribution in [-0.2, 0) is 8.85 Å². The second kappa shape index (κ2) is 15.7. The van der Waals surface area contributed by atoms with Crippen LogP contribution in [0.2, 0.25) is 0 Å². The third-order valence-electron chi connectivity index (χ3n) is 0.575. The normalized spacial score (nSPS) is 7.78. The average Bonchev–Trinajstić information content (AvgIpc) is 1.94. The van der Waals surface area contributed by atoms with E-state index in [4.69, 9.17) is 8.85 Å². The second-order valence-corrected chi connectivity index (χ2v) is 2.16. The third kappa shape index (κ3) is 18.1. The molecular formula is C6H16O2Si. The summed E-state index contributed by atoms with van der Waals surface area (Å²) in [6.07, 6.45) is 0. The maximum Gasteiger partial charge on any atom is 0.304 e. The Morgan fingerprint density at radius 1 is 1.11 bits per heavy atom. The summed E-state index contributed by atoms with van der Waals surface area (Å²) in [4.78, 5) is 0. The highest BCUT2D eigenvalue weighted by atomic mass is 28.3. The van der Waals surface area contributed by atoms with Gasteiger partial charge in [-0.25, -0.2) is 0 Å². The van der Waals surface area contributed by atoms with Crippen molar-refractivity contribution in [2.45, 2.75) is 13.8 Å². The van der Waals surface area contributed by atoms with Gasteiger partial charge in [-0.2, -0.15) is 0 Å². The molecule has 0 atom stereocenters. The first-order valence-corrected chi connectivity index (χ1v) is 4.22. The van der Waals surface area contributed by atoms with E-state index in [1.165, 1.54) is 0 Å². The van der Waals surface area contributed by atoms with Crippen molar-refractivity contribution in [1.82, 2.24) is 0 Å². The van der Waals surface area contributed by atoms with Gasteiger partial charge in [-0.15, -0.1) is 13.2 Å². The van der Waals surface area contributed by atoms with E-state index < -0.39 is 10.0 Å². The van der Waals surface area contributed by atoms with Gasteiger partial charge in [-0.05, 0) is 13.8 Å². The molecule has 0 aliphatic rings. The third-order valence-corrected chi connectivity index (χ3v) is 1.72. The van der Waals surface area contributed by atoms with Gasteiger partial charge in [0.1, 0.15) is 0 Å². The zero-order valence-corrected chi connectivity index (χ0v) is 7.77. The van der Waals surface area contributed by atoms with Gasteiger partial charge in [0.2, 0.25) is 0 Å². The van der Waals surface area contributed by atoms with E-state index in [-0.39, 0.29) is 0 Å². The molecule has 56 valence electrons. The lowest BCUT2D eigenvalue weighted by atomic mass is 10.9. The number of hydrogen-bond acceptors (Lipinski definition) is 2. The minimum Gasteiger partial charge on any atom is -0.399 e. The summed E-state index contributed by atoms with van der Waals surface area (Å²) in [5.41, 5.74) is 0. The summed E-state index contributed by atoms with van der Waals surface area (Å²) >= 11 is 0. The molecule has 0 spiro atoms. The zero-order chi connectivity index (χ0) is 7.54. The van der Waals surface area contributed by atoms with Gasteiger partial charge in [0.05, 0.1) is 0 Å². The van der Waals surface area contributed by atoms with Gasteiger partial charge in [0.15, 0.2) is 0 Å². The first-order valence-electron chi connectivity index (χ1n) is 3.07.